The van der Waals surface area contributed by atoms with E-state index in [2.05, 4.69) is 4.98 Å². The van der Waals surface area contributed by atoms with E-state index >= 15 is 0 Å². The van der Waals surface area contributed by atoms with Gasteiger partial charge < -0.3 is 23.5 Å². The number of pyridine rings is 1. The van der Waals surface area contributed by atoms with Crippen molar-refractivity contribution in [2.75, 3.05) is 21.3 Å². The maximum Gasteiger partial charge on any atom is 0.247 e. The normalized spacial score (nSPS) is 10.8. The Balaban J connectivity index is 1.83. The molecule has 7 nitrogen and oxygen atoms in total. The van der Waals surface area contributed by atoms with Gasteiger partial charge in [-0.05, 0) is 47.5 Å². The highest BCUT2D eigenvalue weighted by Gasteiger charge is 2.15. The minimum atomic E-state index is -0.163. The Kier molecular flexibility index (Phi) is 7.10. The van der Waals surface area contributed by atoms with Crippen LogP contribution >= 0.6 is 0 Å². The van der Waals surface area contributed by atoms with E-state index in [1.807, 2.05) is 18.2 Å². The van der Waals surface area contributed by atoms with E-state index in [4.69, 9.17) is 18.6 Å². The smallest absolute Gasteiger partial charge is 0.247 e. The van der Waals surface area contributed by atoms with Crippen LogP contribution in [0.2, 0.25) is 0 Å². The van der Waals surface area contributed by atoms with Gasteiger partial charge >= 0.3 is 0 Å². The summed E-state index contributed by atoms with van der Waals surface area (Å²) in [6.07, 6.45) is 8.26. The summed E-state index contributed by atoms with van der Waals surface area (Å²) in [7, 11) is 4.65. The van der Waals surface area contributed by atoms with Gasteiger partial charge in [0, 0.05) is 25.0 Å². The van der Waals surface area contributed by atoms with Gasteiger partial charge in [-0.25, -0.2) is 0 Å². The molecule has 2 heterocycles. The van der Waals surface area contributed by atoms with Crippen LogP contribution in [-0.2, 0) is 17.9 Å². The fraction of sp³-hybridized carbons (Fsp3) is 0.217. The Labute approximate surface area is 175 Å². The molecule has 30 heavy (non-hydrogen) atoms. The molecular weight excluding hydrogens is 384 g/mol. The van der Waals surface area contributed by atoms with Crippen molar-refractivity contribution in [2.45, 2.75) is 13.1 Å². The second-order valence-corrected chi connectivity index (χ2v) is 6.43. The quantitative estimate of drug-likeness (QED) is 0.499. The predicted octanol–water partition coefficient (Wildman–Crippen LogP) is 3.94. The minimum Gasteiger partial charge on any atom is -0.493 e. The molecule has 0 saturated heterocycles. The third-order valence-corrected chi connectivity index (χ3v) is 4.44. The Morgan fingerprint density at radius 1 is 1.07 bits per heavy atom. The summed E-state index contributed by atoms with van der Waals surface area (Å²) in [4.78, 5) is 18.8. The number of carbonyl (C=O) groups is 1. The predicted molar refractivity (Wildman–Crippen MR) is 112 cm³/mol. The van der Waals surface area contributed by atoms with Crippen LogP contribution in [0.4, 0.5) is 0 Å². The fourth-order valence-corrected chi connectivity index (χ4v) is 2.98. The molecular formula is C23H24N2O5. The number of hydrogen-bond donors (Lipinski definition) is 0. The number of rotatable bonds is 9. The lowest BCUT2D eigenvalue weighted by Gasteiger charge is -2.20. The van der Waals surface area contributed by atoms with Crippen molar-refractivity contribution in [2.24, 2.45) is 0 Å². The van der Waals surface area contributed by atoms with Gasteiger partial charge in [-0.3, -0.25) is 9.78 Å². The van der Waals surface area contributed by atoms with Crippen LogP contribution in [0.25, 0.3) is 6.08 Å². The average molecular weight is 408 g/mol. The van der Waals surface area contributed by atoms with Gasteiger partial charge in [-0.15, -0.1) is 0 Å². The molecule has 2 aromatic heterocycles. The van der Waals surface area contributed by atoms with Crippen molar-refractivity contribution in [3.63, 3.8) is 0 Å². The molecule has 0 aliphatic rings. The van der Waals surface area contributed by atoms with E-state index in [-0.39, 0.29) is 5.91 Å². The Morgan fingerprint density at radius 3 is 2.40 bits per heavy atom. The van der Waals surface area contributed by atoms with Crippen molar-refractivity contribution in [1.82, 2.24) is 9.88 Å². The molecule has 1 aromatic carbocycles. The largest absolute Gasteiger partial charge is 0.493 e. The maximum absolute atomic E-state index is 13.0. The first-order valence-corrected chi connectivity index (χ1v) is 9.33. The summed E-state index contributed by atoms with van der Waals surface area (Å²) in [5.41, 5.74) is 1.68. The second-order valence-electron chi connectivity index (χ2n) is 6.43. The minimum absolute atomic E-state index is 0.163. The van der Waals surface area contributed by atoms with E-state index in [0.29, 0.717) is 36.1 Å². The lowest BCUT2D eigenvalue weighted by molar-refractivity contribution is -0.127. The van der Waals surface area contributed by atoms with Gasteiger partial charge in [0.1, 0.15) is 5.76 Å². The highest BCUT2D eigenvalue weighted by atomic mass is 16.5. The molecule has 0 N–H and O–H groups in total. The van der Waals surface area contributed by atoms with Crippen LogP contribution in [0.3, 0.4) is 0 Å². The second kappa shape index (κ2) is 10.2. The number of benzene rings is 1. The number of nitrogens with zero attached hydrogens (tertiary/aromatic N) is 2. The molecule has 0 unspecified atom stereocenters. The Bertz CT molecular complexity index is 959. The van der Waals surface area contributed by atoms with Crippen molar-refractivity contribution >= 4 is 12.0 Å². The summed E-state index contributed by atoms with van der Waals surface area (Å²) < 4.78 is 21.5. The molecule has 0 bridgehead atoms. The van der Waals surface area contributed by atoms with Crippen LogP contribution in [0.15, 0.2) is 65.5 Å². The van der Waals surface area contributed by atoms with Gasteiger partial charge in [0.05, 0.1) is 34.1 Å². The summed E-state index contributed by atoms with van der Waals surface area (Å²) >= 11 is 0. The third-order valence-electron chi connectivity index (χ3n) is 4.44. The first-order chi connectivity index (χ1) is 14.6. The summed E-state index contributed by atoms with van der Waals surface area (Å²) in [5.74, 6) is 2.08. The summed E-state index contributed by atoms with van der Waals surface area (Å²) in [6, 6.07) is 11.0. The number of carbonyl (C=O) groups excluding carboxylic acids is 1. The molecule has 0 aliphatic carbocycles. The number of methoxy groups -OCH3 is 3. The Hall–Kier alpha value is -3.74. The molecule has 156 valence electrons. The highest BCUT2D eigenvalue weighted by molar-refractivity contribution is 5.92. The van der Waals surface area contributed by atoms with Crippen LogP contribution in [0.1, 0.15) is 16.9 Å². The van der Waals surface area contributed by atoms with Crippen LogP contribution < -0.4 is 14.2 Å². The molecule has 0 atom stereocenters. The van der Waals surface area contributed by atoms with Gasteiger partial charge in [0.2, 0.25) is 11.7 Å². The fourth-order valence-electron chi connectivity index (χ4n) is 2.98. The van der Waals surface area contributed by atoms with Gasteiger partial charge in [-0.2, -0.15) is 0 Å². The van der Waals surface area contributed by atoms with Crippen molar-refractivity contribution < 1.29 is 23.4 Å². The molecule has 0 saturated carbocycles. The molecule has 0 spiro atoms. The lowest BCUT2D eigenvalue weighted by Crippen LogP contribution is -2.28. The number of amides is 1. The topological polar surface area (TPSA) is 74.0 Å². The number of furan rings is 1. The van der Waals surface area contributed by atoms with Gasteiger partial charge in [0.25, 0.3) is 0 Å². The van der Waals surface area contributed by atoms with Crippen molar-refractivity contribution in [1.29, 1.82) is 0 Å². The molecule has 0 aliphatic heterocycles. The SMILES string of the molecule is COc1cc(/C=C/C(=O)N(Cc2cccnc2)Cc2ccco2)cc(OC)c1OC. The number of ether oxygens (including phenoxy) is 3. The first kappa shape index (κ1) is 21.0. The van der Waals surface area contributed by atoms with E-state index in [0.717, 1.165) is 11.1 Å². The monoisotopic (exact) mass is 408 g/mol. The van der Waals surface area contributed by atoms with E-state index in [1.165, 1.54) is 6.08 Å². The highest BCUT2D eigenvalue weighted by Crippen LogP contribution is 2.38. The molecule has 0 radical (unpaired) electrons. The zero-order chi connectivity index (χ0) is 21.3. The van der Waals surface area contributed by atoms with E-state index in [1.54, 1.807) is 69.2 Å². The zero-order valence-electron chi connectivity index (χ0n) is 17.2. The van der Waals surface area contributed by atoms with Gasteiger partial charge in [0.15, 0.2) is 11.5 Å². The van der Waals surface area contributed by atoms with Crippen molar-refractivity contribution in [3.05, 3.63) is 78.0 Å². The Morgan fingerprint density at radius 2 is 1.83 bits per heavy atom. The van der Waals surface area contributed by atoms with E-state index in [9.17, 15) is 4.79 Å². The summed E-state index contributed by atoms with van der Waals surface area (Å²) in [5, 5.41) is 0. The number of hydrogen-bond acceptors (Lipinski definition) is 6. The standard InChI is InChI=1S/C23H24N2O5/c1-27-20-12-17(13-21(28-2)23(20)29-3)8-9-22(26)25(16-19-7-5-11-30-19)15-18-6-4-10-24-14-18/h4-14H,15-16H2,1-3H3/b9-8+. The number of aromatic nitrogens is 1. The van der Waals surface area contributed by atoms with Crippen LogP contribution in [0.5, 0.6) is 17.2 Å². The van der Waals surface area contributed by atoms with Crippen molar-refractivity contribution in [3.8, 4) is 17.2 Å². The zero-order valence-corrected chi connectivity index (χ0v) is 17.2. The molecule has 3 rings (SSSR count). The van der Waals surface area contributed by atoms with E-state index < -0.39 is 0 Å². The first-order valence-electron chi connectivity index (χ1n) is 9.33. The van der Waals surface area contributed by atoms with Crippen LogP contribution in [-0.4, -0.2) is 37.1 Å². The molecule has 7 heteroatoms. The average Bonchev–Trinajstić information content (AvgIpc) is 3.30. The molecule has 0 fully saturated rings. The maximum atomic E-state index is 13.0. The molecule has 3 aromatic rings. The van der Waals surface area contributed by atoms with Crippen LogP contribution in [0, 0.1) is 0 Å². The third kappa shape index (κ3) is 5.20. The summed E-state index contributed by atoms with van der Waals surface area (Å²) in [6.45, 7) is 0.757. The van der Waals surface area contributed by atoms with Gasteiger partial charge in [-0.1, -0.05) is 6.07 Å². The molecule has 1 amide bonds. The lowest BCUT2D eigenvalue weighted by atomic mass is 10.1.